The molecule has 0 aliphatic carbocycles. The quantitative estimate of drug-likeness (QED) is 0.0261. The molecular formula is C71H122O6. The number of hydrogen-bond acceptors (Lipinski definition) is 6. The highest BCUT2D eigenvalue weighted by molar-refractivity contribution is 5.71. The lowest BCUT2D eigenvalue weighted by Crippen LogP contribution is -2.30. The Labute approximate surface area is 477 Å². The van der Waals surface area contributed by atoms with Crippen molar-refractivity contribution in [2.75, 3.05) is 13.2 Å². The summed E-state index contributed by atoms with van der Waals surface area (Å²) in [6, 6.07) is 0. The van der Waals surface area contributed by atoms with Crippen LogP contribution >= 0.6 is 0 Å². The molecule has 6 nitrogen and oxygen atoms in total. The van der Waals surface area contributed by atoms with E-state index in [9.17, 15) is 14.4 Å². The summed E-state index contributed by atoms with van der Waals surface area (Å²) in [5, 5.41) is 0. The van der Waals surface area contributed by atoms with Crippen molar-refractivity contribution in [1.29, 1.82) is 0 Å². The van der Waals surface area contributed by atoms with Gasteiger partial charge in [0.2, 0.25) is 0 Å². The molecule has 1 atom stereocenters. The first-order valence-electron chi connectivity index (χ1n) is 32.7. The van der Waals surface area contributed by atoms with Crippen LogP contribution in [0.5, 0.6) is 0 Å². The molecule has 77 heavy (non-hydrogen) atoms. The summed E-state index contributed by atoms with van der Waals surface area (Å²) in [6.07, 6.45) is 86.9. The fourth-order valence-electron chi connectivity index (χ4n) is 9.14. The van der Waals surface area contributed by atoms with Crippen LogP contribution in [-0.2, 0) is 28.6 Å². The topological polar surface area (TPSA) is 78.9 Å². The highest BCUT2D eigenvalue weighted by Gasteiger charge is 2.19. The summed E-state index contributed by atoms with van der Waals surface area (Å²) < 4.78 is 16.9. The van der Waals surface area contributed by atoms with Crippen molar-refractivity contribution < 1.29 is 28.6 Å². The molecule has 0 aromatic rings. The minimum Gasteiger partial charge on any atom is -0.462 e. The Morgan fingerprint density at radius 2 is 0.506 bits per heavy atom. The van der Waals surface area contributed by atoms with Gasteiger partial charge in [0.05, 0.1) is 0 Å². The molecule has 0 N–H and O–H groups in total. The molecule has 6 heteroatoms. The fraction of sp³-hybridized carbons (Fsp3) is 0.732. The van der Waals surface area contributed by atoms with Crippen LogP contribution < -0.4 is 0 Å². The number of unbranched alkanes of at least 4 members (excludes halogenated alkanes) is 32. The summed E-state index contributed by atoms with van der Waals surface area (Å²) in [5.74, 6) is -0.898. The van der Waals surface area contributed by atoms with Crippen LogP contribution in [0.2, 0.25) is 0 Å². The first kappa shape index (κ1) is 73.3. The Bertz CT molecular complexity index is 1510. The van der Waals surface area contributed by atoms with Crippen molar-refractivity contribution in [3.8, 4) is 0 Å². The minimum atomic E-state index is -0.791. The van der Waals surface area contributed by atoms with Crippen LogP contribution in [-0.4, -0.2) is 37.2 Å². The normalized spacial score (nSPS) is 12.7. The smallest absolute Gasteiger partial charge is 0.306 e. The zero-order valence-electron chi connectivity index (χ0n) is 50.7. The van der Waals surface area contributed by atoms with Gasteiger partial charge in [-0.25, -0.2) is 0 Å². The van der Waals surface area contributed by atoms with Crippen LogP contribution in [0, 0.1) is 0 Å². The van der Waals surface area contributed by atoms with Gasteiger partial charge < -0.3 is 14.2 Å². The second-order valence-electron chi connectivity index (χ2n) is 21.6. The minimum absolute atomic E-state index is 0.0859. The van der Waals surface area contributed by atoms with Crippen molar-refractivity contribution in [3.63, 3.8) is 0 Å². The lowest BCUT2D eigenvalue weighted by Gasteiger charge is -2.18. The van der Waals surface area contributed by atoms with E-state index < -0.39 is 6.10 Å². The molecule has 0 bridgehead atoms. The lowest BCUT2D eigenvalue weighted by atomic mass is 10.1. The zero-order valence-corrected chi connectivity index (χ0v) is 50.7. The third-order valence-corrected chi connectivity index (χ3v) is 14.0. The average molecular weight is 1070 g/mol. The van der Waals surface area contributed by atoms with Crippen molar-refractivity contribution in [3.05, 3.63) is 97.2 Å². The molecular weight excluding hydrogens is 949 g/mol. The van der Waals surface area contributed by atoms with Gasteiger partial charge in [0.15, 0.2) is 6.10 Å². The number of allylic oxidation sites excluding steroid dienone is 16. The molecule has 0 aliphatic rings. The maximum atomic E-state index is 12.9. The Kier molecular flexibility index (Phi) is 61.8. The van der Waals surface area contributed by atoms with Crippen molar-refractivity contribution >= 4 is 17.9 Å². The van der Waals surface area contributed by atoms with E-state index in [0.29, 0.717) is 19.3 Å². The largest absolute Gasteiger partial charge is 0.462 e. The van der Waals surface area contributed by atoms with Gasteiger partial charge in [-0.3, -0.25) is 14.4 Å². The molecule has 0 saturated carbocycles. The molecule has 442 valence electrons. The Hall–Kier alpha value is -3.67. The van der Waals surface area contributed by atoms with Gasteiger partial charge in [-0.05, 0) is 122 Å². The molecule has 0 fully saturated rings. The summed E-state index contributed by atoms with van der Waals surface area (Å²) in [7, 11) is 0. The van der Waals surface area contributed by atoms with E-state index in [1.807, 2.05) is 0 Å². The molecule has 0 aromatic carbocycles. The van der Waals surface area contributed by atoms with Gasteiger partial charge >= 0.3 is 17.9 Å². The molecule has 0 aliphatic heterocycles. The molecule has 1 unspecified atom stereocenters. The molecule has 0 spiro atoms. The number of hydrogen-bond donors (Lipinski definition) is 0. The Morgan fingerprint density at radius 1 is 0.273 bits per heavy atom. The van der Waals surface area contributed by atoms with Gasteiger partial charge in [-0.15, -0.1) is 0 Å². The second-order valence-corrected chi connectivity index (χ2v) is 21.6. The van der Waals surface area contributed by atoms with E-state index in [1.165, 1.54) is 167 Å². The standard InChI is InChI=1S/C71H122O6/c1-4-7-10-13-16-19-22-25-28-31-34-35-36-37-38-41-43-46-49-52-55-58-61-64-70(73)76-67-68(77-71(74)65-62-59-56-53-50-47-44-40-33-30-27-24-21-18-15-12-9-6-3)66-75-69(72)63-60-57-54-51-48-45-42-39-32-29-26-23-20-17-14-11-8-5-2/h7,10,16,19,21,24-25,28-30,32-35,37-38,68H,4-6,8-9,11-15,17-18,20,22-23,26-27,31,36,39-67H2,1-3H3/b10-7-,19-16-,24-21-,28-25-,32-29-,33-30-,35-34-,38-37-. The predicted octanol–water partition coefficient (Wildman–Crippen LogP) is 22.4. The molecule has 0 radical (unpaired) electrons. The van der Waals surface area contributed by atoms with Gasteiger partial charge in [0.25, 0.3) is 0 Å². The molecule has 0 heterocycles. The Balaban J connectivity index is 4.41. The van der Waals surface area contributed by atoms with Crippen molar-refractivity contribution in [1.82, 2.24) is 0 Å². The number of carbonyl (C=O) groups is 3. The van der Waals surface area contributed by atoms with E-state index in [1.54, 1.807) is 0 Å². The van der Waals surface area contributed by atoms with Crippen molar-refractivity contribution in [2.24, 2.45) is 0 Å². The fourth-order valence-corrected chi connectivity index (χ4v) is 9.14. The first-order chi connectivity index (χ1) is 38.0. The highest BCUT2D eigenvalue weighted by atomic mass is 16.6. The van der Waals surface area contributed by atoms with Crippen LogP contribution in [0.4, 0.5) is 0 Å². The summed E-state index contributed by atoms with van der Waals surface area (Å²) >= 11 is 0. The van der Waals surface area contributed by atoms with E-state index in [-0.39, 0.29) is 31.1 Å². The van der Waals surface area contributed by atoms with Crippen LogP contribution in [0.15, 0.2) is 97.2 Å². The zero-order chi connectivity index (χ0) is 55.7. The van der Waals surface area contributed by atoms with Crippen LogP contribution in [0.3, 0.4) is 0 Å². The summed E-state index contributed by atoms with van der Waals surface area (Å²) in [6.45, 7) is 6.52. The third kappa shape index (κ3) is 63.0. The monoisotopic (exact) mass is 1070 g/mol. The molecule has 0 rings (SSSR count). The summed E-state index contributed by atoms with van der Waals surface area (Å²) in [5.41, 5.74) is 0. The summed E-state index contributed by atoms with van der Waals surface area (Å²) in [4.78, 5) is 38.4. The number of ether oxygens (including phenoxy) is 3. The average Bonchev–Trinajstić information content (AvgIpc) is 3.43. The van der Waals surface area contributed by atoms with E-state index in [2.05, 4.69) is 118 Å². The third-order valence-electron chi connectivity index (χ3n) is 14.0. The lowest BCUT2D eigenvalue weighted by molar-refractivity contribution is -0.167. The van der Waals surface area contributed by atoms with Gasteiger partial charge in [0, 0.05) is 19.3 Å². The van der Waals surface area contributed by atoms with Gasteiger partial charge in [-0.1, -0.05) is 272 Å². The van der Waals surface area contributed by atoms with Gasteiger partial charge in [0.1, 0.15) is 13.2 Å². The SMILES string of the molecule is CC/C=C\C/C=C\C/C=C\C/C=C\C/C=C\CCCCCCCCCC(=O)OCC(COC(=O)CCCCCCCCC/C=C\CCCCCCCCC)OC(=O)CCCCCCCCC/C=C\C/C=C\CCCCCC. The Morgan fingerprint density at radius 3 is 0.818 bits per heavy atom. The number of esters is 3. The van der Waals surface area contributed by atoms with Crippen LogP contribution in [0.1, 0.15) is 316 Å². The predicted molar refractivity (Wildman–Crippen MR) is 334 cm³/mol. The first-order valence-corrected chi connectivity index (χ1v) is 32.7. The van der Waals surface area contributed by atoms with E-state index in [4.69, 9.17) is 14.2 Å². The van der Waals surface area contributed by atoms with E-state index >= 15 is 0 Å². The van der Waals surface area contributed by atoms with Crippen molar-refractivity contribution in [2.45, 2.75) is 322 Å². The number of rotatable bonds is 59. The highest BCUT2D eigenvalue weighted by Crippen LogP contribution is 2.16. The second kappa shape index (κ2) is 64.9. The maximum absolute atomic E-state index is 12.9. The van der Waals surface area contributed by atoms with Crippen LogP contribution in [0.25, 0.3) is 0 Å². The maximum Gasteiger partial charge on any atom is 0.306 e. The van der Waals surface area contributed by atoms with Gasteiger partial charge in [-0.2, -0.15) is 0 Å². The number of carbonyl (C=O) groups excluding carboxylic acids is 3. The molecule has 0 saturated heterocycles. The van der Waals surface area contributed by atoms with E-state index in [0.717, 1.165) is 109 Å². The molecule has 0 amide bonds. The molecule has 0 aromatic heterocycles.